The van der Waals surface area contributed by atoms with Gasteiger partial charge < -0.3 is 25.7 Å². The Hall–Kier alpha value is -3.98. The Morgan fingerprint density at radius 3 is 2.16 bits per heavy atom. The van der Waals surface area contributed by atoms with E-state index < -0.39 is 11.9 Å². The first-order valence-electron chi connectivity index (χ1n) is 9.80. The number of carbonyl (C=O) groups is 3. The summed E-state index contributed by atoms with van der Waals surface area (Å²) in [5.74, 6) is -2.91. The second-order valence-electron chi connectivity index (χ2n) is 7.11. The van der Waals surface area contributed by atoms with Crippen LogP contribution in [0.15, 0.2) is 60.7 Å². The van der Waals surface area contributed by atoms with Gasteiger partial charge in [0.25, 0.3) is 0 Å². The van der Waals surface area contributed by atoms with Crippen LogP contribution in [0.25, 0.3) is 10.9 Å². The van der Waals surface area contributed by atoms with Crippen LogP contribution in [0.2, 0.25) is 0 Å². The molecule has 0 radical (unpaired) electrons. The lowest BCUT2D eigenvalue weighted by molar-refractivity contribution is -0.159. The van der Waals surface area contributed by atoms with E-state index in [4.69, 9.17) is 19.8 Å². The number of pyridine rings is 1. The van der Waals surface area contributed by atoms with Gasteiger partial charge in [0.05, 0.1) is 17.7 Å². The first kappa shape index (κ1) is 24.3. The molecule has 0 saturated carbocycles. The Kier molecular flexibility index (Phi) is 8.67. The number of hydrogen-bond donors (Lipinski definition) is 4. The zero-order valence-corrected chi connectivity index (χ0v) is 18.1. The van der Waals surface area contributed by atoms with Crippen molar-refractivity contribution in [1.29, 1.82) is 0 Å². The van der Waals surface area contributed by atoms with Crippen molar-refractivity contribution in [3.05, 3.63) is 66.2 Å². The van der Waals surface area contributed by atoms with Gasteiger partial charge >= 0.3 is 11.9 Å². The van der Waals surface area contributed by atoms with Crippen LogP contribution in [0.4, 0.5) is 11.5 Å². The molecule has 9 nitrogen and oxygen atoms in total. The highest BCUT2D eigenvalue weighted by molar-refractivity contribution is 6.27. The minimum absolute atomic E-state index is 0.0751. The third-order valence-electron chi connectivity index (χ3n) is 4.49. The molecule has 9 heteroatoms. The summed E-state index contributed by atoms with van der Waals surface area (Å²) in [6.07, 6.45) is 0. The van der Waals surface area contributed by atoms with Crippen molar-refractivity contribution in [1.82, 2.24) is 10.3 Å². The minimum Gasteiger partial charge on any atom is -0.473 e. The molecule has 1 unspecified atom stereocenters. The number of aliphatic carboxylic acids is 2. The number of rotatable bonds is 6. The SMILES string of the molecule is CC(NCC(=O)Nc1cc(N(C)C)nc2ccccc12)c1ccccc1.O=C(O)C(=O)O. The van der Waals surface area contributed by atoms with Gasteiger partial charge in [0.1, 0.15) is 5.82 Å². The number of hydrogen-bond acceptors (Lipinski definition) is 6. The number of aromatic nitrogens is 1. The summed E-state index contributed by atoms with van der Waals surface area (Å²) in [4.78, 5) is 37.2. The molecule has 0 aliphatic rings. The number of amides is 1. The number of benzene rings is 2. The molecule has 32 heavy (non-hydrogen) atoms. The van der Waals surface area contributed by atoms with Gasteiger partial charge in [0.15, 0.2) is 0 Å². The fourth-order valence-corrected chi connectivity index (χ4v) is 2.79. The van der Waals surface area contributed by atoms with Crippen LogP contribution in [-0.4, -0.2) is 53.7 Å². The molecule has 0 aliphatic heterocycles. The minimum atomic E-state index is -1.82. The lowest BCUT2D eigenvalue weighted by atomic mass is 10.1. The topological polar surface area (TPSA) is 132 Å². The normalized spacial score (nSPS) is 11.1. The van der Waals surface area contributed by atoms with Crippen molar-refractivity contribution in [3.63, 3.8) is 0 Å². The Balaban J connectivity index is 0.000000534. The standard InChI is InChI=1S/C21H24N4O.C2H2O4/c1-15(16-9-5-4-6-10-16)22-14-21(26)24-19-13-20(25(2)3)23-18-12-8-7-11-17(18)19;3-1(4)2(5)6/h4-13,15,22H,14H2,1-3H3,(H,23,24,26);(H,3,4)(H,5,6). The molecular formula is C23H26N4O5. The van der Waals surface area contributed by atoms with Crippen molar-refractivity contribution in [2.45, 2.75) is 13.0 Å². The molecule has 3 aromatic rings. The van der Waals surface area contributed by atoms with Gasteiger partial charge in [-0.15, -0.1) is 0 Å². The second kappa shape index (κ2) is 11.4. The molecule has 0 spiro atoms. The maximum Gasteiger partial charge on any atom is 0.414 e. The van der Waals surface area contributed by atoms with Gasteiger partial charge in [0, 0.05) is 31.6 Å². The van der Waals surface area contributed by atoms with Gasteiger partial charge in [-0.25, -0.2) is 14.6 Å². The zero-order valence-electron chi connectivity index (χ0n) is 18.1. The van der Waals surface area contributed by atoms with Crippen LogP contribution in [0.1, 0.15) is 18.5 Å². The van der Waals surface area contributed by atoms with E-state index >= 15 is 0 Å². The van der Waals surface area contributed by atoms with E-state index in [1.54, 1.807) is 0 Å². The number of anilines is 2. The van der Waals surface area contributed by atoms with Crippen molar-refractivity contribution < 1.29 is 24.6 Å². The maximum atomic E-state index is 12.5. The molecule has 1 heterocycles. The lowest BCUT2D eigenvalue weighted by Gasteiger charge is -2.17. The highest BCUT2D eigenvalue weighted by atomic mass is 16.4. The summed E-state index contributed by atoms with van der Waals surface area (Å²) in [6.45, 7) is 2.29. The average molecular weight is 438 g/mol. The molecule has 3 rings (SSSR count). The van der Waals surface area contributed by atoms with Crippen LogP contribution in [0, 0.1) is 0 Å². The Morgan fingerprint density at radius 2 is 1.56 bits per heavy atom. The summed E-state index contributed by atoms with van der Waals surface area (Å²) in [5.41, 5.74) is 2.79. The van der Waals surface area contributed by atoms with E-state index in [9.17, 15) is 4.79 Å². The van der Waals surface area contributed by atoms with E-state index in [1.165, 1.54) is 0 Å². The molecule has 0 aliphatic carbocycles. The maximum absolute atomic E-state index is 12.5. The third-order valence-corrected chi connectivity index (χ3v) is 4.49. The smallest absolute Gasteiger partial charge is 0.414 e. The highest BCUT2D eigenvalue weighted by Crippen LogP contribution is 2.26. The quantitative estimate of drug-likeness (QED) is 0.432. The summed E-state index contributed by atoms with van der Waals surface area (Å²) in [5, 5.41) is 22.0. The molecule has 0 fully saturated rings. The highest BCUT2D eigenvalue weighted by Gasteiger charge is 2.11. The first-order chi connectivity index (χ1) is 15.2. The molecule has 168 valence electrons. The third kappa shape index (κ3) is 7.06. The monoisotopic (exact) mass is 438 g/mol. The van der Waals surface area contributed by atoms with Crippen LogP contribution < -0.4 is 15.5 Å². The van der Waals surface area contributed by atoms with Crippen molar-refractivity contribution >= 4 is 40.3 Å². The summed E-state index contributed by atoms with van der Waals surface area (Å²) in [6, 6.07) is 19.9. The van der Waals surface area contributed by atoms with E-state index in [0.29, 0.717) is 0 Å². The second-order valence-corrected chi connectivity index (χ2v) is 7.11. The summed E-state index contributed by atoms with van der Waals surface area (Å²) >= 11 is 0. The van der Waals surface area contributed by atoms with E-state index in [0.717, 1.165) is 28.0 Å². The number of para-hydroxylation sites is 1. The average Bonchev–Trinajstić information content (AvgIpc) is 2.78. The van der Waals surface area contributed by atoms with E-state index in [1.807, 2.05) is 67.5 Å². The molecule has 0 saturated heterocycles. The first-order valence-corrected chi connectivity index (χ1v) is 9.80. The van der Waals surface area contributed by atoms with Crippen molar-refractivity contribution in [2.24, 2.45) is 0 Å². The Labute approximate surface area is 185 Å². The number of carboxylic acids is 2. The number of nitrogens with one attached hydrogen (secondary N) is 2. The molecule has 2 aromatic carbocycles. The van der Waals surface area contributed by atoms with Gasteiger partial charge in [-0.1, -0.05) is 48.5 Å². The van der Waals surface area contributed by atoms with Gasteiger partial charge in [-0.2, -0.15) is 0 Å². The lowest BCUT2D eigenvalue weighted by Crippen LogP contribution is -2.30. The van der Waals surface area contributed by atoms with Crippen LogP contribution >= 0.6 is 0 Å². The van der Waals surface area contributed by atoms with Crippen molar-refractivity contribution in [2.75, 3.05) is 30.9 Å². The molecular weight excluding hydrogens is 412 g/mol. The van der Waals surface area contributed by atoms with E-state index in [2.05, 4.69) is 34.7 Å². The molecule has 1 amide bonds. The fourth-order valence-electron chi connectivity index (χ4n) is 2.79. The predicted molar refractivity (Wildman–Crippen MR) is 123 cm³/mol. The Bertz CT molecular complexity index is 1070. The van der Waals surface area contributed by atoms with Gasteiger partial charge in [-0.3, -0.25) is 4.79 Å². The van der Waals surface area contributed by atoms with Crippen LogP contribution in [0.5, 0.6) is 0 Å². The number of fused-ring (bicyclic) bond motifs is 1. The van der Waals surface area contributed by atoms with E-state index in [-0.39, 0.29) is 18.5 Å². The van der Waals surface area contributed by atoms with Gasteiger partial charge in [0.2, 0.25) is 5.91 Å². The molecule has 4 N–H and O–H groups in total. The Morgan fingerprint density at radius 1 is 0.969 bits per heavy atom. The fraction of sp³-hybridized carbons (Fsp3) is 0.217. The van der Waals surface area contributed by atoms with Crippen LogP contribution in [0.3, 0.4) is 0 Å². The number of carboxylic acid groups (broad SMARTS) is 2. The van der Waals surface area contributed by atoms with Crippen LogP contribution in [-0.2, 0) is 14.4 Å². The molecule has 1 atom stereocenters. The largest absolute Gasteiger partial charge is 0.473 e. The summed E-state index contributed by atoms with van der Waals surface area (Å²) in [7, 11) is 3.87. The van der Waals surface area contributed by atoms with Crippen molar-refractivity contribution in [3.8, 4) is 0 Å². The predicted octanol–water partition coefficient (Wildman–Crippen LogP) is 2.75. The molecule has 1 aromatic heterocycles. The zero-order chi connectivity index (χ0) is 23.7. The summed E-state index contributed by atoms with van der Waals surface area (Å²) < 4.78 is 0. The molecule has 0 bridgehead atoms. The number of nitrogens with zero attached hydrogens (tertiary/aromatic N) is 2. The van der Waals surface area contributed by atoms with Gasteiger partial charge in [-0.05, 0) is 18.6 Å². The number of carbonyl (C=O) groups excluding carboxylic acids is 1.